The molecule has 0 aromatic heterocycles. The quantitative estimate of drug-likeness (QED) is 0.502. The molecule has 0 aliphatic rings. The van der Waals surface area contributed by atoms with Crippen LogP contribution in [0, 0.1) is 21.8 Å². The van der Waals surface area contributed by atoms with Crippen LogP contribution in [-0.2, 0) is 10.0 Å². The Balaban J connectivity index is 2.09. The molecular formula is C17H16IN3O3S. The minimum Gasteiger partial charge on any atom is -0.322 e. The van der Waals surface area contributed by atoms with E-state index >= 15 is 0 Å². The molecule has 0 saturated heterocycles. The van der Waals surface area contributed by atoms with Gasteiger partial charge in [0.05, 0.1) is 11.0 Å². The van der Waals surface area contributed by atoms with E-state index in [1.54, 1.807) is 0 Å². The fraction of sp³-hybridized carbons (Fsp3) is 0.176. The molecule has 0 unspecified atom stereocenters. The fourth-order valence-electron chi connectivity index (χ4n) is 1.98. The molecule has 25 heavy (non-hydrogen) atoms. The number of hydrogen-bond acceptors (Lipinski definition) is 4. The summed E-state index contributed by atoms with van der Waals surface area (Å²) in [5.74, 6) is -0.318. The summed E-state index contributed by atoms with van der Waals surface area (Å²) in [5.41, 5.74) is 2.15. The van der Waals surface area contributed by atoms with E-state index in [-0.39, 0.29) is 23.8 Å². The zero-order chi connectivity index (χ0) is 18.4. The summed E-state index contributed by atoms with van der Waals surface area (Å²) >= 11 is 2.19. The van der Waals surface area contributed by atoms with Gasteiger partial charge in [-0.25, -0.2) is 13.1 Å². The van der Waals surface area contributed by atoms with Gasteiger partial charge in [0.25, 0.3) is 5.91 Å². The Hall–Kier alpha value is -1.96. The van der Waals surface area contributed by atoms with Crippen LogP contribution in [0.1, 0.15) is 22.3 Å². The van der Waals surface area contributed by atoms with Crippen LogP contribution in [0.4, 0.5) is 5.69 Å². The Morgan fingerprint density at radius 1 is 1.20 bits per heavy atom. The first-order chi connectivity index (χ1) is 11.8. The highest BCUT2D eigenvalue weighted by molar-refractivity contribution is 14.1. The minimum absolute atomic E-state index is 0.0480. The molecule has 2 N–H and O–H groups in total. The lowest BCUT2D eigenvalue weighted by Gasteiger charge is -2.08. The van der Waals surface area contributed by atoms with E-state index in [0.717, 1.165) is 9.13 Å². The van der Waals surface area contributed by atoms with Crippen LogP contribution in [-0.4, -0.2) is 20.9 Å². The molecule has 0 heterocycles. The highest BCUT2D eigenvalue weighted by Gasteiger charge is 2.14. The molecule has 0 atom stereocenters. The van der Waals surface area contributed by atoms with E-state index in [4.69, 9.17) is 5.26 Å². The highest BCUT2D eigenvalue weighted by atomic mass is 127. The SMILES string of the molecule is Cc1ccc(NC(=O)c2ccc(S(=O)(=O)NCCC#N)cc2)cc1I. The lowest BCUT2D eigenvalue weighted by molar-refractivity contribution is 0.102. The third-order valence-corrected chi connectivity index (χ3v) is 6.02. The Labute approximate surface area is 160 Å². The predicted molar refractivity (Wildman–Crippen MR) is 104 cm³/mol. The van der Waals surface area contributed by atoms with E-state index in [9.17, 15) is 13.2 Å². The second kappa shape index (κ2) is 8.42. The van der Waals surface area contributed by atoms with Crippen molar-refractivity contribution in [1.82, 2.24) is 4.72 Å². The number of carbonyl (C=O) groups excluding carboxylic acids is 1. The molecule has 2 aromatic carbocycles. The van der Waals surface area contributed by atoms with E-state index in [2.05, 4.69) is 32.6 Å². The summed E-state index contributed by atoms with van der Waals surface area (Å²) in [6.07, 6.45) is 0.0923. The van der Waals surface area contributed by atoms with E-state index in [1.165, 1.54) is 24.3 Å². The first kappa shape index (κ1) is 19.4. The molecule has 0 saturated carbocycles. The maximum Gasteiger partial charge on any atom is 0.255 e. The number of rotatable bonds is 6. The number of nitrogens with one attached hydrogen (secondary N) is 2. The van der Waals surface area contributed by atoms with Gasteiger partial charge in [-0.3, -0.25) is 4.79 Å². The van der Waals surface area contributed by atoms with Crippen molar-refractivity contribution in [2.75, 3.05) is 11.9 Å². The van der Waals surface area contributed by atoms with E-state index in [0.29, 0.717) is 11.3 Å². The molecule has 0 aliphatic heterocycles. The van der Waals surface area contributed by atoms with Crippen LogP contribution in [0.5, 0.6) is 0 Å². The van der Waals surface area contributed by atoms with Gasteiger partial charge in [-0.15, -0.1) is 0 Å². The smallest absolute Gasteiger partial charge is 0.255 e. The number of halogens is 1. The summed E-state index contributed by atoms with van der Waals surface area (Å²) in [7, 11) is -3.68. The number of amides is 1. The number of carbonyl (C=O) groups is 1. The van der Waals surface area contributed by atoms with Gasteiger partial charge in [-0.05, 0) is 71.5 Å². The third-order valence-electron chi connectivity index (χ3n) is 3.39. The van der Waals surface area contributed by atoms with Crippen molar-refractivity contribution in [2.24, 2.45) is 0 Å². The number of sulfonamides is 1. The Bertz CT molecular complexity index is 919. The number of aryl methyl sites for hydroxylation is 1. The van der Waals surface area contributed by atoms with Crippen molar-refractivity contribution in [3.63, 3.8) is 0 Å². The number of benzene rings is 2. The third kappa shape index (κ3) is 5.26. The van der Waals surface area contributed by atoms with Gasteiger partial charge in [0.1, 0.15) is 0 Å². The topological polar surface area (TPSA) is 99.1 Å². The van der Waals surface area contributed by atoms with Crippen LogP contribution in [0.2, 0.25) is 0 Å². The van der Waals surface area contributed by atoms with Crippen molar-refractivity contribution >= 4 is 44.2 Å². The van der Waals surface area contributed by atoms with Gasteiger partial charge >= 0.3 is 0 Å². The monoisotopic (exact) mass is 469 g/mol. The number of nitriles is 1. The number of anilines is 1. The molecule has 1 amide bonds. The zero-order valence-corrected chi connectivity index (χ0v) is 16.4. The summed E-state index contributed by atoms with van der Waals surface area (Å²) in [6, 6.07) is 13.1. The highest BCUT2D eigenvalue weighted by Crippen LogP contribution is 2.18. The summed E-state index contributed by atoms with van der Waals surface area (Å²) < 4.78 is 27.4. The zero-order valence-electron chi connectivity index (χ0n) is 13.4. The lowest BCUT2D eigenvalue weighted by Crippen LogP contribution is -2.24. The number of nitrogens with zero attached hydrogens (tertiary/aromatic N) is 1. The van der Waals surface area contributed by atoms with E-state index < -0.39 is 10.0 Å². The van der Waals surface area contributed by atoms with Gasteiger partial charge < -0.3 is 5.32 Å². The van der Waals surface area contributed by atoms with Gasteiger partial charge in [0.2, 0.25) is 10.0 Å². The lowest BCUT2D eigenvalue weighted by atomic mass is 10.2. The van der Waals surface area contributed by atoms with Crippen LogP contribution in [0.3, 0.4) is 0 Å². The summed E-state index contributed by atoms with van der Waals surface area (Å²) in [5, 5.41) is 11.2. The Morgan fingerprint density at radius 3 is 2.48 bits per heavy atom. The van der Waals surface area contributed by atoms with Gasteiger partial charge in [-0.1, -0.05) is 6.07 Å². The second-order valence-electron chi connectivity index (χ2n) is 5.25. The minimum atomic E-state index is -3.68. The molecule has 130 valence electrons. The van der Waals surface area contributed by atoms with Crippen LogP contribution in [0.15, 0.2) is 47.4 Å². The maximum atomic E-state index is 12.3. The Kier molecular flexibility index (Phi) is 6.52. The first-order valence-electron chi connectivity index (χ1n) is 7.37. The molecule has 2 rings (SSSR count). The molecule has 0 radical (unpaired) electrons. The molecule has 0 fully saturated rings. The van der Waals surface area contributed by atoms with Crippen molar-refractivity contribution < 1.29 is 13.2 Å². The standard InChI is InChI=1S/C17H16IN3O3S/c1-12-3-6-14(11-16(12)18)21-17(22)13-4-7-15(8-5-13)25(23,24)20-10-2-9-19/h3-8,11,20H,2,10H2,1H3,(H,21,22). The van der Waals surface area contributed by atoms with Gasteiger partial charge in [-0.2, -0.15) is 5.26 Å². The number of hydrogen-bond donors (Lipinski definition) is 2. The largest absolute Gasteiger partial charge is 0.322 e. The summed E-state index contributed by atoms with van der Waals surface area (Å²) in [6.45, 7) is 2.03. The molecule has 8 heteroatoms. The molecule has 6 nitrogen and oxygen atoms in total. The Morgan fingerprint density at radius 2 is 1.88 bits per heavy atom. The van der Waals surface area contributed by atoms with Crippen LogP contribution < -0.4 is 10.0 Å². The molecule has 0 bridgehead atoms. The molecule has 2 aromatic rings. The van der Waals surface area contributed by atoms with Crippen LogP contribution >= 0.6 is 22.6 Å². The second-order valence-corrected chi connectivity index (χ2v) is 8.18. The first-order valence-corrected chi connectivity index (χ1v) is 9.94. The van der Waals surface area contributed by atoms with Gasteiger partial charge in [0, 0.05) is 27.8 Å². The van der Waals surface area contributed by atoms with Crippen LogP contribution in [0.25, 0.3) is 0 Å². The molecular weight excluding hydrogens is 453 g/mol. The molecule has 0 spiro atoms. The van der Waals surface area contributed by atoms with Gasteiger partial charge in [0.15, 0.2) is 0 Å². The fourth-order valence-corrected chi connectivity index (χ4v) is 3.53. The normalized spacial score (nSPS) is 10.9. The predicted octanol–water partition coefficient (Wildman–Crippen LogP) is 3.04. The van der Waals surface area contributed by atoms with Crippen molar-refractivity contribution in [3.05, 3.63) is 57.2 Å². The van der Waals surface area contributed by atoms with Crippen molar-refractivity contribution in [3.8, 4) is 6.07 Å². The van der Waals surface area contributed by atoms with E-state index in [1.807, 2.05) is 31.2 Å². The van der Waals surface area contributed by atoms with Crippen molar-refractivity contribution in [1.29, 1.82) is 5.26 Å². The molecule has 0 aliphatic carbocycles. The average Bonchev–Trinajstić information content (AvgIpc) is 2.58. The van der Waals surface area contributed by atoms with Crippen molar-refractivity contribution in [2.45, 2.75) is 18.2 Å². The summed E-state index contributed by atoms with van der Waals surface area (Å²) in [4.78, 5) is 12.3. The maximum absolute atomic E-state index is 12.3. The average molecular weight is 469 g/mol.